The van der Waals surface area contributed by atoms with Gasteiger partial charge in [0, 0.05) is 19.7 Å². The summed E-state index contributed by atoms with van der Waals surface area (Å²) >= 11 is 0. The molecule has 4 heteroatoms. The van der Waals surface area contributed by atoms with Crippen molar-refractivity contribution in [3.8, 4) is 0 Å². The Morgan fingerprint density at radius 1 is 1.50 bits per heavy atom. The molecule has 0 spiro atoms. The number of aliphatic hydroxyl groups excluding tert-OH is 1. The van der Waals surface area contributed by atoms with E-state index >= 15 is 0 Å². The Labute approximate surface area is 71.1 Å². The Morgan fingerprint density at radius 3 is 2.75 bits per heavy atom. The molecule has 2 heterocycles. The number of aliphatic hydroxyl groups is 1. The zero-order valence-corrected chi connectivity index (χ0v) is 6.90. The van der Waals surface area contributed by atoms with E-state index in [0.29, 0.717) is 26.3 Å². The van der Waals surface area contributed by atoms with Gasteiger partial charge in [-0.15, -0.1) is 0 Å². The number of amides is 1. The highest BCUT2D eigenvalue weighted by Crippen LogP contribution is 2.19. The van der Waals surface area contributed by atoms with E-state index in [-0.39, 0.29) is 17.9 Å². The Kier molecular flexibility index (Phi) is 2.02. The number of rotatable bonds is 1. The Bertz CT molecular complexity index is 183. The molecule has 0 radical (unpaired) electrons. The molecule has 68 valence electrons. The van der Waals surface area contributed by atoms with Crippen LogP contribution in [-0.4, -0.2) is 48.3 Å². The predicted octanol–water partition coefficient (Wildman–Crippen LogP) is -0.774. The number of carbonyl (C=O) groups is 1. The molecule has 2 fully saturated rings. The van der Waals surface area contributed by atoms with E-state index in [1.54, 1.807) is 4.90 Å². The van der Waals surface area contributed by atoms with Crippen LogP contribution in [0.5, 0.6) is 0 Å². The van der Waals surface area contributed by atoms with Crippen LogP contribution in [0.15, 0.2) is 0 Å². The van der Waals surface area contributed by atoms with Gasteiger partial charge >= 0.3 is 0 Å². The van der Waals surface area contributed by atoms with Gasteiger partial charge in [-0.1, -0.05) is 0 Å². The highest BCUT2D eigenvalue weighted by Gasteiger charge is 2.34. The van der Waals surface area contributed by atoms with Crippen molar-refractivity contribution >= 4 is 5.91 Å². The van der Waals surface area contributed by atoms with Crippen LogP contribution in [-0.2, 0) is 9.53 Å². The predicted molar refractivity (Wildman–Crippen MR) is 41.5 cm³/mol. The van der Waals surface area contributed by atoms with E-state index in [1.165, 1.54) is 0 Å². The number of nitrogens with zero attached hydrogens (tertiary/aromatic N) is 1. The lowest BCUT2D eigenvalue weighted by Gasteiger charge is -2.37. The first-order chi connectivity index (χ1) is 5.77. The second-order valence-corrected chi connectivity index (χ2v) is 3.46. The topological polar surface area (TPSA) is 49.8 Å². The normalized spacial score (nSPS) is 30.4. The fourth-order valence-corrected chi connectivity index (χ4v) is 1.62. The molecule has 1 atom stereocenters. The molecule has 12 heavy (non-hydrogen) atoms. The summed E-state index contributed by atoms with van der Waals surface area (Å²) in [4.78, 5) is 13.2. The molecular formula is C8H13NO3. The molecule has 4 nitrogen and oxygen atoms in total. The van der Waals surface area contributed by atoms with Crippen molar-refractivity contribution in [2.45, 2.75) is 12.5 Å². The van der Waals surface area contributed by atoms with Crippen molar-refractivity contribution in [2.75, 3.05) is 26.3 Å². The lowest BCUT2D eigenvalue weighted by Crippen LogP contribution is -2.55. The molecule has 0 aromatic rings. The van der Waals surface area contributed by atoms with E-state index in [9.17, 15) is 4.79 Å². The van der Waals surface area contributed by atoms with E-state index in [1.807, 2.05) is 0 Å². The molecule has 1 amide bonds. The highest BCUT2D eigenvalue weighted by atomic mass is 16.5. The second kappa shape index (κ2) is 3.03. The first-order valence-corrected chi connectivity index (χ1v) is 4.32. The zero-order chi connectivity index (χ0) is 8.55. The van der Waals surface area contributed by atoms with Gasteiger partial charge < -0.3 is 14.7 Å². The summed E-state index contributed by atoms with van der Waals surface area (Å²) in [7, 11) is 0. The van der Waals surface area contributed by atoms with Gasteiger partial charge in [0.25, 0.3) is 0 Å². The third-order valence-electron chi connectivity index (χ3n) is 2.45. The van der Waals surface area contributed by atoms with Crippen LogP contribution in [0.2, 0.25) is 0 Å². The minimum atomic E-state index is -0.295. The maximum atomic E-state index is 11.5. The highest BCUT2D eigenvalue weighted by molar-refractivity contribution is 5.80. The Balaban J connectivity index is 1.83. The quantitative estimate of drug-likeness (QED) is 0.563. The van der Waals surface area contributed by atoms with Gasteiger partial charge in [-0.3, -0.25) is 4.79 Å². The van der Waals surface area contributed by atoms with Crippen molar-refractivity contribution in [3.63, 3.8) is 0 Å². The molecule has 2 saturated heterocycles. The molecular weight excluding hydrogens is 158 g/mol. The van der Waals surface area contributed by atoms with Gasteiger partial charge in [0.1, 0.15) is 0 Å². The summed E-state index contributed by atoms with van der Waals surface area (Å²) in [5.41, 5.74) is 0. The van der Waals surface area contributed by atoms with Crippen molar-refractivity contribution in [3.05, 3.63) is 0 Å². The third-order valence-corrected chi connectivity index (χ3v) is 2.45. The first kappa shape index (κ1) is 8.01. The lowest BCUT2D eigenvalue weighted by molar-refractivity contribution is -0.145. The fraction of sp³-hybridized carbons (Fsp3) is 0.875. The summed E-state index contributed by atoms with van der Waals surface area (Å²) in [6.07, 6.45) is 0.544. The first-order valence-electron chi connectivity index (χ1n) is 4.32. The average Bonchev–Trinajstić information content (AvgIpc) is 2.49. The van der Waals surface area contributed by atoms with Crippen molar-refractivity contribution in [1.29, 1.82) is 0 Å². The summed E-state index contributed by atoms with van der Waals surface area (Å²) in [5, 5.41) is 8.98. The maximum absolute atomic E-state index is 11.5. The monoisotopic (exact) mass is 171 g/mol. The number of β-amino-alcohol motifs (C(OH)–C–C–N with tert-alkyl or cyclic N) is 1. The van der Waals surface area contributed by atoms with Crippen molar-refractivity contribution < 1.29 is 14.6 Å². The Morgan fingerprint density at radius 2 is 2.25 bits per heavy atom. The third kappa shape index (κ3) is 1.32. The number of likely N-dealkylation sites (tertiary alicyclic amines) is 1. The lowest BCUT2D eigenvalue weighted by atomic mass is 10.0. The summed E-state index contributed by atoms with van der Waals surface area (Å²) in [6, 6.07) is 0. The standard InChI is InChI=1S/C8H13NO3/c10-7-3-9(4-7)8(11)6-1-2-12-5-6/h6-7,10H,1-5H2/t6-/m1/s1. The van der Waals surface area contributed by atoms with Crippen molar-refractivity contribution in [2.24, 2.45) is 5.92 Å². The summed E-state index contributed by atoms with van der Waals surface area (Å²) in [5.74, 6) is 0.204. The molecule has 0 aromatic heterocycles. The van der Waals surface area contributed by atoms with E-state index in [4.69, 9.17) is 9.84 Å². The Hall–Kier alpha value is -0.610. The second-order valence-electron chi connectivity index (χ2n) is 3.46. The molecule has 0 unspecified atom stereocenters. The smallest absolute Gasteiger partial charge is 0.228 e. The van der Waals surface area contributed by atoms with Gasteiger partial charge in [0.15, 0.2) is 0 Å². The van der Waals surface area contributed by atoms with Crippen LogP contribution >= 0.6 is 0 Å². The van der Waals surface area contributed by atoms with Gasteiger partial charge in [-0.05, 0) is 6.42 Å². The molecule has 0 saturated carbocycles. The van der Waals surface area contributed by atoms with Crippen LogP contribution < -0.4 is 0 Å². The largest absolute Gasteiger partial charge is 0.389 e. The molecule has 2 aliphatic rings. The average molecular weight is 171 g/mol. The van der Waals surface area contributed by atoms with Crippen LogP contribution in [0, 0.1) is 5.92 Å². The van der Waals surface area contributed by atoms with Crippen molar-refractivity contribution in [1.82, 2.24) is 4.90 Å². The number of ether oxygens (including phenoxy) is 1. The van der Waals surface area contributed by atoms with Crippen LogP contribution in [0.4, 0.5) is 0 Å². The fourth-order valence-electron chi connectivity index (χ4n) is 1.62. The minimum Gasteiger partial charge on any atom is -0.389 e. The van der Waals surface area contributed by atoms with Crippen LogP contribution in [0.3, 0.4) is 0 Å². The van der Waals surface area contributed by atoms with Gasteiger partial charge in [-0.25, -0.2) is 0 Å². The van der Waals surface area contributed by atoms with E-state index in [0.717, 1.165) is 6.42 Å². The molecule has 2 rings (SSSR count). The number of hydrogen-bond donors (Lipinski definition) is 1. The van der Waals surface area contributed by atoms with E-state index in [2.05, 4.69) is 0 Å². The molecule has 0 bridgehead atoms. The number of carbonyl (C=O) groups excluding carboxylic acids is 1. The molecule has 0 aliphatic carbocycles. The van der Waals surface area contributed by atoms with Crippen LogP contribution in [0.1, 0.15) is 6.42 Å². The van der Waals surface area contributed by atoms with Gasteiger partial charge in [0.2, 0.25) is 5.91 Å². The molecule has 0 aromatic carbocycles. The summed E-state index contributed by atoms with van der Waals surface area (Å²) in [6.45, 7) is 2.28. The molecule has 1 N–H and O–H groups in total. The minimum absolute atomic E-state index is 0.0532. The van der Waals surface area contributed by atoms with Gasteiger partial charge in [0.05, 0.1) is 18.6 Å². The van der Waals surface area contributed by atoms with E-state index < -0.39 is 0 Å². The zero-order valence-electron chi connectivity index (χ0n) is 6.90. The molecule has 2 aliphatic heterocycles. The SMILES string of the molecule is O=C([C@@H]1CCOC1)N1CC(O)C1. The maximum Gasteiger partial charge on any atom is 0.228 e. The van der Waals surface area contributed by atoms with Gasteiger partial charge in [-0.2, -0.15) is 0 Å². The number of hydrogen-bond acceptors (Lipinski definition) is 3. The summed E-state index contributed by atoms with van der Waals surface area (Å²) < 4.78 is 5.11. The van der Waals surface area contributed by atoms with Crippen LogP contribution in [0.25, 0.3) is 0 Å².